The summed E-state index contributed by atoms with van der Waals surface area (Å²) in [6, 6.07) is 9.31. The van der Waals surface area contributed by atoms with Crippen LogP contribution >= 0.6 is 0 Å². The predicted octanol–water partition coefficient (Wildman–Crippen LogP) is 3.15. The van der Waals surface area contributed by atoms with Gasteiger partial charge in [-0.1, -0.05) is 0 Å². The molecule has 1 aromatic rings. The normalized spacial score (nSPS) is 14.0. The van der Waals surface area contributed by atoms with Crippen molar-refractivity contribution in [2.24, 2.45) is 0 Å². The Morgan fingerprint density at radius 2 is 1.62 bits per heavy atom. The monoisotopic (exact) mass is 451 g/mol. The topological polar surface area (TPSA) is 55.4 Å². The zero-order chi connectivity index (χ0) is 19.8. The second-order valence-electron chi connectivity index (χ2n) is 4.82. The van der Waals surface area contributed by atoms with E-state index in [2.05, 4.69) is 9.62 Å². The number of allylic oxidation sites excluding steroid dienone is 1. The van der Waals surface area contributed by atoms with Crippen molar-refractivity contribution in [2.75, 3.05) is 0 Å². The zero-order valence-corrected chi connectivity index (χ0v) is 14.6. The molecule has 0 spiro atoms. The molecule has 145 valence electrons. The Morgan fingerprint density at radius 3 is 2.12 bits per heavy atom. The molecule has 1 aromatic carbocycles. The van der Waals surface area contributed by atoms with E-state index in [4.69, 9.17) is 0 Å². The van der Waals surface area contributed by atoms with Gasteiger partial charge in [-0.25, -0.2) is 0 Å². The van der Waals surface area contributed by atoms with Crippen molar-refractivity contribution in [2.45, 2.75) is 36.3 Å². The van der Waals surface area contributed by atoms with E-state index in [9.17, 15) is 36.4 Å². The summed E-state index contributed by atoms with van der Waals surface area (Å²) in [4.78, 5) is 14.8. The van der Waals surface area contributed by atoms with E-state index in [1.165, 1.54) is 6.08 Å². The van der Waals surface area contributed by atoms with Crippen LogP contribution in [0.2, 0.25) is 5.32 Å². The summed E-state index contributed by atoms with van der Waals surface area (Å²) in [5, 5.41) is 11.0. The summed E-state index contributed by atoms with van der Waals surface area (Å²) < 4.78 is 78.5. The van der Waals surface area contributed by atoms with Gasteiger partial charge in [-0.3, -0.25) is 0 Å². The first kappa shape index (κ1) is 22.5. The van der Waals surface area contributed by atoms with Gasteiger partial charge in [0.05, 0.1) is 0 Å². The maximum atomic E-state index is 12.3. The SMILES string of the molecule is [O]O[C@@H](C/C=C/C[Se]c1ccccc1)C(=O)OC(C(F)(F)F)C(F)(F)F. The van der Waals surface area contributed by atoms with Crippen molar-refractivity contribution in [3.63, 3.8) is 0 Å². The molecule has 0 bridgehead atoms. The number of benzene rings is 1. The van der Waals surface area contributed by atoms with Crippen molar-refractivity contribution in [3.8, 4) is 0 Å². The van der Waals surface area contributed by atoms with Crippen molar-refractivity contribution >= 4 is 25.4 Å². The fourth-order valence-electron chi connectivity index (χ4n) is 1.63. The van der Waals surface area contributed by atoms with Gasteiger partial charge >= 0.3 is 150 Å². The standard InChI is InChI=1S/C15H13F6O4Se/c16-14(17,18)13(15(19,20)21)24-12(22)11(25-23)8-4-5-9-26-10-6-2-1-3-7-10/h1-7,11,13H,8-9H2/b5-4+/t11-/m0/s1. The first-order valence-corrected chi connectivity index (χ1v) is 9.08. The van der Waals surface area contributed by atoms with E-state index in [-0.39, 0.29) is 15.0 Å². The third-order valence-electron chi connectivity index (χ3n) is 2.81. The van der Waals surface area contributed by atoms with E-state index >= 15 is 0 Å². The van der Waals surface area contributed by atoms with Gasteiger partial charge in [-0.15, -0.1) is 0 Å². The van der Waals surface area contributed by atoms with E-state index in [0.29, 0.717) is 5.32 Å². The second kappa shape index (κ2) is 9.96. The van der Waals surface area contributed by atoms with E-state index in [1.807, 2.05) is 30.3 Å². The Morgan fingerprint density at radius 1 is 1.04 bits per heavy atom. The van der Waals surface area contributed by atoms with Crippen LogP contribution in [0.3, 0.4) is 0 Å². The number of esters is 1. The van der Waals surface area contributed by atoms with Gasteiger partial charge in [-0.2, -0.15) is 0 Å². The van der Waals surface area contributed by atoms with E-state index in [0.717, 1.165) is 4.46 Å². The van der Waals surface area contributed by atoms with Crippen molar-refractivity contribution in [1.29, 1.82) is 0 Å². The summed E-state index contributed by atoms with van der Waals surface area (Å²) in [7, 11) is 0. The van der Waals surface area contributed by atoms with Crippen LogP contribution in [0.5, 0.6) is 0 Å². The number of hydrogen-bond donors (Lipinski definition) is 0. The Bertz CT molecular complexity index is 574. The van der Waals surface area contributed by atoms with Gasteiger partial charge < -0.3 is 0 Å². The molecule has 0 saturated carbocycles. The minimum absolute atomic E-state index is 0.0454. The number of halogens is 6. The van der Waals surface area contributed by atoms with Gasteiger partial charge in [0.15, 0.2) is 0 Å². The molecule has 1 atom stereocenters. The molecule has 26 heavy (non-hydrogen) atoms. The van der Waals surface area contributed by atoms with Crippen LogP contribution in [0, 0.1) is 0 Å². The van der Waals surface area contributed by atoms with Crippen LogP contribution in [0.15, 0.2) is 42.5 Å². The quantitative estimate of drug-likeness (QED) is 0.153. The van der Waals surface area contributed by atoms with E-state index < -0.39 is 37.0 Å². The molecule has 0 saturated heterocycles. The van der Waals surface area contributed by atoms with Crippen LogP contribution in [0.4, 0.5) is 26.3 Å². The number of carbonyl (C=O) groups is 1. The Balaban J connectivity index is 2.56. The van der Waals surface area contributed by atoms with Crippen LogP contribution < -0.4 is 4.46 Å². The third-order valence-corrected chi connectivity index (χ3v) is 4.84. The number of rotatable bonds is 8. The molecule has 0 amide bonds. The predicted molar refractivity (Wildman–Crippen MR) is 77.9 cm³/mol. The first-order chi connectivity index (χ1) is 12.1. The van der Waals surface area contributed by atoms with Crippen LogP contribution in [-0.2, 0) is 19.7 Å². The van der Waals surface area contributed by atoms with Gasteiger partial charge in [0.1, 0.15) is 0 Å². The third kappa shape index (κ3) is 7.77. The van der Waals surface area contributed by atoms with Gasteiger partial charge in [0.25, 0.3) is 0 Å². The molecule has 1 rings (SSSR count). The Kier molecular flexibility index (Phi) is 8.61. The van der Waals surface area contributed by atoms with E-state index in [1.54, 1.807) is 6.08 Å². The fourth-order valence-corrected chi connectivity index (χ4v) is 3.26. The number of alkyl halides is 6. The fraction of sp³-hybridized carbons (Fsp3) is 0.400. The second-order valence-corrected chi connectivity index (χ2v) is 7.11. The molecule has 0 heterocycles. The molecule has 4 nitrogen and oxygen atoms in total. The molecule has 0 aliphatic rings. The molecule has 1 radical (unpaired) electrons. The summed E-state index contributed by atoms with van der Waals surface area (Å²) in [6.45, 7) is 0. The van der Waals surface area contributed by atoms with Crippen molar-refractivity contribution < 1.29 is 46.0 Å². The van der Waals surface area contributed by atoms with Gasteiger partial charge in [-0.05, 0) is 0 Å². The Hall–Kier alpha value is -1.55. The van der Waals surface area contributed by atoms with Gasteiger partial charge in [0, 0.05) is 0 Å². The molecule has 0 unspecified atom stereocenters. The minimum atomic E-state index is -5.85. The molecule has 0 aliphatic carbocycles. The van der Waals surface area contributed by atoms with Crippen LogP contribution in [0.25, 0.3) is 0 Å². The molecule has 11 heteroatoms. The molecule has 0 fully saturated rings. The first-order valence-electron chi connectivity index (χ1n) is 7.01. The van der Waals surface area contributed by atoms with Gasteiger partial charge in [0.2, 0.25) is 0 Å². The molecule has 0 N–H and O–H groups in total. The van der Waals surface area contributed by atoms with Crippen LogP contribution in [0.1, 0.15) is 6.42 Å². The number of ether oxygens (including phenoxy) is 1. The molecular formula is C15H13F6O4Se. The number of carbonyl (C=O) groups excluding carboxylic acids is 1. The van der Waals surface area contributed by atoms with Crippen LogP contribution in [-0.4, -0.2) is 45.5 Å². The molecule has 0 aromatic heterocycles. The van der Waals surface area contributed by atoms with Crippen molar-refractivity contribution in [3.05, 3.63) is 42.5 Å². The summed E-state index contributed by atoms with van der Waals surface area (Å²) in [6.07, 6.45) is -15.8. The summed E-state index contributed by atoms with van der Waals surface area (Å²) in [5.74, 6) is -2.03. The number of hydrogen-bond acceptors (Lipinski definition) is 3. The molecular weight excluding hydrogens is 437 g/mol. The molecule has 0 aliphatic heterocycles. The Labute approximate surface area is 150 Å². The summed E-state index contributed by atoms with van der Waals surface area (Å²) >= 11 is 0.0454. The maximum absolute atomic E-state index is 12.3. The summed E-state index contributed by atoms with van der Waals surface area (Å²) in [5.41, 5.74) is 0. The van der Waals surface area contributed by atoms with Crippen molar-refractivity contribution in [1.82, 2.24) is 0 Å². The average molecular weight is 450 g/mol. The average Bonchev–Trinajstić information content (AvgIpc) is 2.54. The zero-order valence-electron chi connectivity index (χ0n) is 12.9.